The van der Waals surface area contributed by atoms with Gasteiger partial charge in [-0.3, -0.25) is 14.2 Å². The minimum atomic E-state index is -0.560. The molecule has 0 radical (unpaired) electrons. The summed E-state index contributed by atoms with van der Waals surface area (Å²) in [5, 5.41) is 4.57. The highest BCUT2D eigenvalue weighted by Gasteiger charge is 2.17. The van der Waals surface area contributed by atoms with Crippen LogP contribution in [-0.4, -0.2) is 21.6 Å². The van der Waals surface area contributed by atoms with E-state index in [1.807, 2.05) is 37.3 Å². The minimum absolute atomic E-state index is 0.184. The van der Waals surface area contributed by atoms with E-state index in [4.69, 9.17) is 4.74 Å². The van der Waals surface area contributed by atoms with Crippen LogP contribution in [0.4, 0.5) is 0 Å². The number of hydrogen-bond acceptors (Lipinski definition) is 5. The highest BCUT2D eigenvalue weighted by molar-refractivity contribution is 7.17. The normalized spacial score (nSPS) is 10.9. The second kappa shape index (κ2) is 9.01. The van der Waals surface area contributed by atoms with E-state index in [-0.39, 0.29) is 12.5 Å². The van der Waals surface area contributed by atoms with Crippen LogP contribution < -0.4 is 21.3 Å². The van der Waals surface area contributed by atoms with Crippen LogP contribution in [0.25, 0.3) is 15.9 Å². The molecule has 2 aromatic heterocycles. The number of aromatic nitrogens is 2. The number of amides is 1. The first kappa shape index (κ1) is 20.6. The van der Waals surface area contributed by atoms with Crippen molar-refractivity contribution in [3.8, 4) is 11.4 Å². The highest BCUT2D eigenvalue weighted by Crippen LogP contribution is 2.18. The molecule has 4 aromatic rings. The number of rotatable bonds is 7. The van der Waals surface area contributed by atoms with E-state index >= 15 is 0 Å². The second-order valence-electron chi connectivity index (χ2n) is 6.83. The monoisotopic (exact) mass is 435 g/mol. The average Bonchev–Trinajstić information content (AvgIpc) is 3.28. The number of nitrogens with one attached hydrogen (secondary N) is 1. The molecule has 0 saturated heterocycles. The molecule has 1 N–H and O–H groups in total. The smallest absolute Gasteiger partial charge is 0.336 e. The number of benzene rings is 2. The van der Waals surface area contributed by atoms with Gasteiger partial charge in [0.05, 0.1) is 17.8 Å². The van der Waals surface area contributed by atoms with Crippen molar-refractivity contribution in [3.63, 3.8) is 0 Å². The van der Waals surface area contributed by atoms with Crippen molar-refractivity contribution in [2.75, 3.05) is 6.61 Å². The van der Waals surface area contributed by atoms with Crippen molar-refractivity contribution in [1.29, 1.82) is 0 Å². The van der Waals surface area contributed by atoms with Gasteiger partial charge in [0, 0.05) is 6.54 Å². The summed E-state index contributed by atoms with van der Waals surface area (Å²) in [5.41, 5.74) is 0.877. The Hall–Kier alpha value is -3.65. The van der Waals surface area contributed by atoms with Gasteiger partial charge in [-0.05, 0) is 48.2 Å². The molecule has 2 aromatic carbocycles. The molecular weight excluding hydrogens is 414 g/mol. The summed E-state index contributed by atoms with van der Waals surface area (Å²) in [6.45, 7) is 2.58. The molecular formula is C23H21N3O4S. The van der Waals surface area contributed by atoms with Crippen molar-refractivity contribution >= 4 is 27.5 Å². The zero-order valence-electron chi connectivity index (χ0n) is 16.9. The first-order chi connectivity index (χ1) is 15.1. The molecule has 0 bridgehead atoms. The van der Waals surface area contributed by atoms with E-state index in [0.29, 0.717) is 34.8 Å². The van der Waals surface area contributed by atoms with Gasteiger partial charge in [-0.2, -0.15) is 0 Å². The standard InChI is InChI=1S/C23H21N3O4S/c1-2-30-18-10-8-17(9-11-18)26-22(28)21-19(12-13-31-21)25(23(26)29)15-20(27)24-14-16-6-4-3-5-7-16/h3-13H,2,14-15H2,1H3,(H,24,27). The number of nitrogens with zero attached hydrogens (tertiary/aromatic N) is 2. The number of carbonyl (C=O) groups excluding carboxylic acids is 1. The van der Waals surface area contributed by atoms with E-state index in [1.165, 1.54) is 15.9 Å². The lowest BCUT2D eigenvalue weighted by Gasteiger charge is -2.13. The van der Waals surface area contributed by atoms with Crippen molar-refractivity contribution in [2.24, 2.45) is 0 Å². The summed E-state index contributed by atoms with van der Waals surface area (Å²) in [6.07, 6.45) is 0. The zero-order valence-corrected chi connectivity index (χ0v) is 17.7. The lowest BCUT2D eigenvalue weighted by atomic mass is 10.2. The van der Waals surface area contributed by atoms with Crippen LogP contribution in [0.15, 0.2) is 75.6 Å². The Bertz CT molecular complexity index is 1320. The van der Waals surface area contributed by atoms with E-state index < -0.39 is 11.2 Å². The molecule has 1 amide bonds. The molecule has 0 atom stereocenters. The molecule has 31 heavy (non-hydrogen) atoms. The molecule has 0 spiro atoms. The number of hydrogen-bond donors (Lipinski definition) is 1. The van der Waals surface area contributed by atoms with Gasteiger partial charge in [0.15, 0.2) is 0 Å². The van der Waals surface area contributed by atoms with Crippen molar-refractivity contribution in [3.05, 3.63) is 92.4 Å². The van der Waals surface area contributed by atoms with Gasteiger partial charge < -0.3 is 10.1 Å². The number of ether oxygens (including phenoxy) is 1. The Morgan fingerprint density at radius 3 is 2.48 bits per heavy atom. The lowest BCUT2D eigenvalue weighted by molar-refractivity contribution is -0.121. The predicted molar refractivity (Wildman–Crippen MR) is 121 cm³/mol. The Labute approximate surface area is 182 Å². The summed E-state index contributed by atoms with van der Waals surface area (Å²) in [6, 6.07) is 17.9. The van der Waals surface area contributed by atoms with E-state index in [0.717, 1.165) is 10.1 Å². The molecule has 0 aliphatic rings. The van der Waals surface area contributed by atoms with Crippen LogP contribution in [0, 0.1) is 0 Å². The summed E-state index contributed by atoms with van der Waals surface area (Å²) in [4.78, 5) is 38.8. The van der Waals surface area contributed by atoms with Gasteiger partial charge in [-0.1, -0.05) is 30.3 Å². The molecule has 7 nitrogen and oxygen atoms in total. The summed E-state index contributed by atoms with van der Waals surface area (Å²) >= 11 is 1.24. The minimum Gasteiger partial charge on any atom is -0.494 e. The van der Waals surface area contributed by atoms with Crippen LogP contribution in [0.5, 0.6) is 5.75 Å². The van der Waals surface area contributed by atoms with Crippen LogP contribution in [0.2, 0.25) is 0 Å². The fourth-order valence-electron chi connectivity index (χ4n) is 3.32. The molecule has 158 valence electrons. The van der Waals surface area contributed by atoms with Gasteiger partial charge in [-0.25, -0.2) is 9.36 Å². The molecule has 0 fully saturated rings. The number of carbonyl (C=O) groups is 1. The maximum Gasteiger partial charge on any atom is 0.336 e. The topological polar surface area (TPSA) is 82.3 Å². The largest absolute Gasteiger partial charge is 0.494 e. The van der Waals surface area contributed by atoms with Crippen LogP contribution in [0.3, 0.4) is 0 Å². The molecule has 0 unspecified atom stereocenters. The molecule has 0 aliphatic carbocycles. The van der Waals surface area contributed by atoms with Crippen molar-refractivity contribution in [1.82, 2.24) is 14.5 Å². The van der Waals surface area contributed by atoms with Gasteiger partial charge in [0.1, 0.15) is 17.0 Å². The fraction of sp³-hybridized carbons (Fsp3) is 0.174. The van der Waals surface area contributed by atoms with Gasteiger partial charge in [-0.15, -0.1) is 11.3 Å². The molecule has 4 rings (SSSR count). The maximum absolute atomic E-state index is 13.2. The van der Waals surface area contributed by atoms with E-state index in [1.54, 1.807) is 35.7 Å². The van der Waals surface area contributed by atoms with E-state index in [9.17, 15) is 14.4 Å². The average molecular weight is 436 g/mol. The Balaban J connectivity index is 1.68. The fourth-order valence-corrected chi connectivity index (χ4v) is 4.15. The maximum atomic E-state index is 13.2. The lowest BCUT2D eigenvalue weighted by Crippen LogP contribution is -2.41. The third-order valence-corrected chi connectivity index (χ3v) is 5.69. The molecule has 0 saturated carbocycles. The quantitative estimate of drug-likeness (QED) is 0.484. The third-order valence-electron chi connectivity index (χ3n) is 4.79. The van der Waals surface area contributed by atoms with Gasteiger partial charge in [0.25, 0.3) is 5.56 Å². The summed E-state index contributed by atoms with van der Waals surface area (Å²) in [5.74, 6) is 0.340. The summed E-state index contributed by atoms with van der Waals surface area (Å²) < 4.78 is 8.29. The Kier molecular flexibility index (Phi) is 5.99. The number of thiophene rings is 1. The SMILES string of the molecule is CCOc1ccc(-n2c(=O)c3sccc3n(CC(=O)NCc3ccccc3)c2=O)cc1. The molecule has 8 heteroatoms. The number of fused-ring (bicyclic) bond motifs is 1. The molecule has 0 aliphatic heterocycles. The first-order valence-electron chi connectivity index (χ1n) is 9.85. The van der Waals surface area contributed by atoms with Crippen molar-refractivity contribution < 1.29 is 9.53 Å². The van der Waals surface area contributed by atoms with Gasteiger partial charge >= 0.3 is 5.69 Å². The summed E-state index contributed by atoms with van der Waals surface area (Å²) in [7, 11) is 0. The predicted octanol–water partition coefficient (Wildman–Crippen LogP) is 2.93. The van der Waals surface area contributed by atoms with E-state index in [2.05, 4.69) is 5.32 Å². The zero-order chi connectivity index (χ0) is 21.8. The molecule has 2 heterocycles. The van der Waals surface area contributed by atoms with Crippen LogP contribution in [0.1, 0.15) is 12.5 Å². The Morgan fingerprint density at radius 1 is 1.03 bits per heavy atom. The second-order valence-corrected chi connectivity index (χ2v) is 7.75. The third kappa shape index (κ3) is 4.29. The van der Waals surface area contributed by atoms with Crippen LogP contribution in [-0.2, 0) is 17.9 Å². The van der Waals surface area contributed by atoms with Gasteiger partial charge in [0.2, 0.25) is 5.91 Å². The van der Waals surface area contributed by atoms with Crippen molar-refractivity contribution in [2.45, 2.75) is 20.0 Å². The first-order valence-corrected chi connectivity index (χ1v) is 10.7. The van der Waals surface area contributed by atoms with Crippen LogP contribution >= 0.6 is 11.3 Å². The Morgan fingerprint density at radius 2 is 1.77 bits per heavy atom. The highest BCUT2D eigenvalue weighted by atomic mass is 32.1.